The molecule has 0 saturated heterocycles. The van der Waals surface area contributed by atoms with Crippen LogP contribution >= 0.6 is 11.8 Å². The van der Waals surface area contributed by atoms with Gasteiger partial charge in [-0.25, -0.2) is 13.8 Å². The number of ether oxygens (including phenoxy) is 1. The molecular weight excluding hydrogens is 362 g/mol. The van der Waals surface area contributed by atoms with Gasteiger partial charge in [-0.05, 0) is 31.2 Å². The Balaban J connectivity index is 2.17. The van der Waals surface area contributed by atoms with Crippen LogP contribution in [0.15, 0.2) is 52.4 Å². The molecule has 0 radical (unpaired) electrons. The summed E-state index contributed by atoms with van der Waals surface area (Å²) in [6.07, 6.45) is 0. The van der Waals surface area contributed by atoms with E-state index in [0.29, 0.717) is 11.6 Å². The molecule has 0 N–H and O–H groups in total. The lowest BCUT2D eigenvalue weighted by atomic mass is 10.2. The van der Waals surface area contributed by atoms with Crippen LogP contribution in [0, 0.1) is 11.6 Å². The van der Waals surface area contributed by atoms with E-state index >= 15 is 0 Å². The van der Waals surface area contributed by atoms with Gasteiger partial charge in [-0.2, -0.15) is 0 Å². The van der Waals surface area contributed by atoms with E-state index in [-0.39, 0.29) is 28.6 Å². The maximum atomic E-state index is 14.3. The standard InChI is InChI=1S/C18H14F2N2O3S/c1-2-25-16(23)10-26-18-21-14-6-4-3-5-12(14)17(24)22(18)15-8-7-11(19)9-13(15)20/h3-9H,2,10H2,1H3. The van der Waals surface area contributed by atoms with Crippen molar-refractivity contribution in [2.24, 2.45) is 0 Å². The smallest absolute Gasteiger partial charge is 0.316 e. The molecule has 26 heavy (non-hydrogen) atoms. The summed E-state index contributed by atoms with van der Waals surface area (Å²) < 4.78 is 33.4. The predicted octanol–water partition coefficient (Wildman–Crippen LogP) is 3.32. The third-order valence-corrected chi connectivity index (χ3v) is 4.43. The van der Waals surface area contributed by atoms with Gasteiger partial charge in [-0.3, -0.25) is 14.2 Å². The first-order valence-electron chi connectivity index (χ1n) is 7.77. The van der Waals surface area contributed by atoms with Gasteiger partial charge >= 0.3 is 5.97 Å². The Hall–Kier alpha value is -2.74. The third kappa shape index (κ3) is 3.60. The number of thioether (sulfide) groups is 1. The molecule has 0 spiro atoms. The maximum Gasteiger partial charge on any atom is 0.316 e. The van der Waals surface area contributed by atoms with Crippen LogP contribution in [0.1, 0.15) is 6.92 Å². The molecule has 0 aliphatic rings. The van der Waals surface area contributed by atoms with Gasteiger partial charge in [-0.15, -0.1) is 0 Å². The summed E-state index contributed by atoms with van der Waals surface area (Å²) in [7, 11) is 0. The number of esters is 1. The summed E-state index contributed by atoms with van der Waals surface area (Å²) in [5.41, 5.74) is -0.226. The Morgan fingerprint density at radius 2 is 2.00 bits per heavy atom. The molecule has 1 aromatic heterocycles. The van der Waals surface area contributed by atoms with E-state index in [1.54, 1.807) is 31.2 Å². The van der Waals surface area contributed by atoms with Crippen molar-refractivity contribution in [2.75, 3.05) is 12.4 Å². The molecule has 0 unspecified atom stereocenters. The molecule has 0 amide bonds. The van der Waals surface area contributed by atoms with Crippen molar-refractivity contribution in [1.82, 2.24) is 9.55 Å². The van der Waals surface area contributed by atoms with Crippen molar-refractivity contribution in [2.45, 2.75) is 12.1 Å². The molecule has 134 valence electrons. The molecule has 0 atom stereocenters. The van der Waals surface area contributed by atoms with Gasteiger partial charge in [0.1, 0.15) is 11.6 Å². The summed E-state index contributed by atoms with van der Waals surface area (Å²) in [6, 6.07) is 9.52. The van der Waals surface area contributed by atoms with Crippen molar-refractivity contribution in [3.8, 4) is 5.69 Å². The number of fused-ring (bicyclic) bond motifs is 1. The average molecular weight is 376 g/mol. The minimum Gasteiger partial charge on any atom is -0.465 e. The Morgan fingerprint density at radius 1 is 1.23 bits per heavy atom. The summed E-state index contributed by atoms with van der Waals surface area (Å²) in [5.74, 6) is -2.23. The number of carbonyl (C=O) groups is 1. The fourth-order valence-corrected chi connectivity index (χ4v) is 3.21. The van der Waals surface area contributed by atoms with Crippen LogP contribution in [0.4, 0.5) is 8.78 Å². The predicted molar refractivity (Wildman–Crippen MR) is 94.6 cm³/mol. The zero-order valence-corrected chi connectivity index (χ0v) is 14.6. The minimum absolute atomic E-state index is 0.0958. The van der Waals surface area contributed by atoms with E-state index in [1.807, 2.05) is 0 Å². The number of nitrogens with zero attached hydrogens (tertiary/aromatic N) is 2. The van der Waals surface area contributed by atoms with Crippen LogP contribution in [0.25, 0.3) is 16.6 Å². The summed E-state index contributed by atoms with van der Waals surface area (Å²) in [4.78, 5) is 28.9. The number of para-hydroxylation sites is 1. The Morgan fingerprint density at radius 3 is 2.73 bits per heavy atom. The first kappa shape index (κ1) is 18.1. The number of aromatic nitrogens is 2. The van der Waals surface area contributed by atoms with E-state index in [9.17, 15) is 18.4 Å². The van der Waals surface area contributed by atoms with Crippen LogP contribution in [-0.2, 0) is 9.53 Å². The number of hydrogen-bond donors (Lipinski definition) is 0. The molecule has 0 aliphatic heterocycles. The zero-order valence-electron chi connectivity index (χ0n) is 13.7. The highest BCUT2D eigenvalue weighted by Crippen LogP contribution is 2.23. The molecule has 0 bridgehead atoms. The third-order valence-electron chi connectivity index (χ3n) is 3.52. The highest BCUT2D eigenvalue weighted by molar-refractivity contribution is 7.99. The fourth-order valence-electron chi connectivity index (χ4n) is 2.41. The number of halogens is 2. The van der Waals surface area contributed by atoms with Gasteiger partial charge in [0, 0.05) is 6.07 Å². The minimum atomic E-state index is -0.901. The lowest BCUT2D eigenvalue weighted by Gasteiger charge is -2.13. The van der Waals surface area contributed by atoms with Gasteiger partial charge < -0.3 is 4.74 Å². The van der Waals surface area contributed by atoms with Crippen LogP contribution in [0.3, 0.4) is 0 Å². The largest absolute Gasteiger partial charge is 0.465 e. The van der Waals surface area contributed by atoms with Crippen molar-refractivity contribution in [3.05, 3.63) is 64.5 Å². The second-order valence-corrected chi connectivity index (χ2v) is 6.18. The van der Waals surface area contributed by atoms with Crippen LogP contribution < -0.4 is 5.56 Å². The van der Waals surface area contributed by atoms with Crippen molar-refractivity contribution in [1.29, 1.82) is 0 Å². The molecule has 3 rings (SSSR count). The van der Waals surface area contributed by atoms with Crippen LogP contribution in [0.5, 0.6) is 0 Å². The van der Waals surface area contributed by atoms with Gasteiger partial charge in [0.2, 0.25) is 0 Å². The van der Waals surface area contributed by atoms with Gasteiger partial charge in [0.25, 0.3) is 5.56 Å². The number of rotatable bonds is 5. The molecule has 2 aromatic carbocycles. The Labute approximate surface area is 151 Å². The first-order valence-corrected chi connectivity index (χ1v) is 8.75. The molecule has 3 aromatic rings. The summed E-state index contributed by atoms with van der Waals surface area (Å²) in [6.45, 7) is 1.91. The van der Waals surface area contributed by atoms with Crippen LogP contribution in [0.2, 0.25) is 0 Å². The molecule has 0 aliphatic carbocycles. The molecule has 5 nitrogen and oxygen atoms in total. The molecule has 0 saturated carbocycles. The average Bonchev–Trinajstić information content (AvgIpc) is 2.61. The van der Waals surface area contributed by atoms with E-state index in [2.05, 4.69) is 4.98 Å². The zero-order chi connectivity index (χ0) is 18.7. The highest BCUT2D eigenvalue weighted by Gasteiger charge is 2.17. The van der Waals surface area contributed by atoms with E-state index in [4.69, 9.17) is 4.74 Å². The van der Waals surface area contributed by atoms with Gasteiger partial charge in [0.05, 0.1) is 29.0 Å². The van der Waals surface area contributed by atoms with Crippen molar-refractivity contribution >= 4 is 28.6 Å². The molecule has 0 fully saturated rings. The summed E-state index contributed by atoms with van der Waals surface area (Å²) >= 11 is 0.949. The molecule has 1 heterocycles. The monoisotopic (exact) mass is 376 g/mol. The molecular formula is C18H14F2N2O3S. The Kier molecular flexibility index (Phi) is 5.32. The Bertz CT molecular complexity index is 1040. The normalized spacial score (nSPS) is 10.9. The van der Waals surface area contributed by atoms with Gasteiger partial charge in [0.15, 0.2) is 5.16 Å². The van der Waals surface area contributed by atoms with E-state index < -0.39 is 23.2 Å². The van der Waals surface area contributed by atoms with Crippen molar-refractivity contribution in [3.63, 3.8) is 0 Å². The SMILES string of the molecule is CCOC(=O)CSc1nc2ccccc2c(=O)n1-c1ccc(F)cc1F. The first-order chi connectivity index (χ1) is 12.5. The number of benzene rings is 2. The van der Waals surface area contributed by atoms with Crippen molar-refractivity contribution < 1.29 is 18.3 Å². The molecule has 8 heteroatoms. The van der Waals surface area contributed by atoms with Crippen LogP contribution in [-0.4, -0.2) is 27.9 Å². The number of carbonyl (C=O) groups excluding carboxylic acids is 1. The van der Waals surface area contributed by atoms with E-state index in [0.717, 1.165) is 28.5 Å². The van der Waals surface area contributed by atoms with E-state index in [1.165, 1.54) is 0 Å². The fraction of sp³-hybridized carbons (Fsp3) is 0.167. The second-order valence-electron chi connectivity index (χ2n) is 5.24. The topological polar surface area (TPSA) is 61.2 Å². The quantitative estimate of drug-likeness (QED) is 0.388. The second kappa shape index (κ2) is 7.65. The maximum absolute atomic E-state index is 14.3. The lowest BCUT2D eigenvalue weighted by molar-refractivity contribution is -0.139. The highest BCUT2D eigenvalue weighted by atomic mass is 32.2. The lowest BCUT2D eigenvalue weighted by Crippen LogP contribution is -2.23. The number of hydrogen-bond acceptors (Lipinski definition) is 5. The van der Waals surface area contributed by atoms with Gasteiger partial charge in [-0.1, -0.05) is 23.9 Å². The summed E-state index contributed by atoms with van der Waals surface area (Å²) in [5, 5.41) is 0.406.